The molecule has 2 rings (SSSR count). The van der Waals surface area contributed by atoms with Gasteiger partial charge in [0.2, 0.25) is 5.96 Å². The van der Waals surface area contributed by atoms with Crippen LogP contribution in [0.4, 0.5) is 0 Å². The Morgan fingerprint density at radius 2 is 1.81 bits per heavy atom. The number of nitrogens with zero attached hydrogens (tertiary/aromatic N) is 2. The zero-order chi connectivity index (χ0) is 23.8. The highest BCUT2D eigenvalue weighted by Crippen LogP contribution is 2.60. The Morgan fingerprint density at radius 1 is 1.19 bits per heavy atom. The van der Waals surface area contributed by atoms with E-state index in [9.17, 15) is 43.5 Å². The molecule has 0 aromatic rings. The average molecular weight is 505 g/mol. The van der Waals surface area contributed by atoms with Crippen LogP contribution in [0.3, 0.4) is 0 Å². The summed E-state index contributed by atoms with van der Waals surface area (Å²) in [6.45, 7) is 4.77. The summed E-state index contributed by atoms with van der Waals surface area (Å²) in [7, 11) is -18.0. The second-order valence-electron chi connectivity index (χ2n) is 6.16. The van der Waals surface area contributed by atoms with Gasteiger partial charge in [0.05, 0.1) is 20.1 Å². The Bertz CT molecular complexity index is 917. The summed E-state index contributed by atoms with van der Waals surface area (Å²) in [5.74, 6) is 0.124. The van der Waals surface area contributed by atoms with Crippen LogP contribution in [0.15, 0.2) is 29.0 Å². The third-order valence-electron chi connectivity index (χ3n) is 3.98. The van der Waals surface area contributed by atoms with Crippen LogP contribution in [0.1, 0.15) is 6.92 Å². The molecule has 31 heavy (non-hydrogen) atoms. The van der Waals surface area contributed by atoms with E-state index in [0.717, 1.165) is 0 Å². The van der Waals surface area contributed by atoms with E-state index < -0.39 is 54.5 Å². The molecule has 6 unspecified atom stereocenters. The average Bonchev–Trinajstić information content (AvgIpc) is 2.85. The lowest BCUT2D eigenvalue weighted by Gasteiger charge is -2.37. The van der Waals surface area contributed by atoms with Crippen molar-refractivity contribution in [3.8, 4) is 0 Å². The van der Waals surface area contributed by atoms with Crippen LogP contribution < -0.4 is 25.3 Å². The maximum Gasteiger partial charge on any atom is 0.278 e. The van der Waals surface area contributed by atoms with Gasteiger partial charge in [0, 0.05) is 18.3 Å². The van der Waals surface area contributed by atoms with Crippen LogP contribution in [-0.4, -0.2) is 58.6 Å². The molecular formula is C12H18N3O13P3-4. The predicted octanol–water partition coefficient (Wildman–Crippen LogP) is -3.66. The summed E-state index contributed by atoms with van der Waals surface area (Å²) in [5, 5.41) is 20.4. The topological polar surface area (TPSA) is 262 Å². The summed E-state index contributed by atoms with van der Waals surface area (Å²) >= 11 is 0. The van der Waals surface area contributed by atoms with Crippen LogP contribution >= 0.6 is 23.5 Å². The van der Waals surface area contributed by atoms with Crippen molar-refractivity contribution in [2.45, 2.75) is 31.3 Å². The number of phosphoric acid groups is 3. The quantitative estimate of drug-likeness (QED) is 0.255. The van der Waals surface area contributed by atoms with E-state index in [1.54, 1.807) is 6.92 Å². The zero-order valence-corrected chi connectivity index (χ0v) is 18.4. The molecular weight excluding hydrogens is 487 g/mol. The smallest absolute Gasteiger partial charge is 0.278 e. The largest absolute Gasteiger partial charge is 0.790 e. The molecule has 4 N–H and O–H groups in total. The number of hydrogen-bond donors (Lipinski definition) is 3. The SMILES string of the molecule is C=C1N=C(N)N(CC)C=C1C1OC(COP(=O)([O-])OP(=O)([O-])OP(=O)([O-])[O-])C(O)C1O. The third-order valence-corrected chi connectivity index (χ3v) is 7.64. The molecule has 0 saturated carbocycles. The van der Waals surface area contributed by atoms with E-state index in [4.69, 9.17) is 10.5 Å². The molecule has 2 aliphatic rings. The lowest BCUT2D eigenvalue weighted by atomic mass is 10.00. The molecule has 0 aromatic carbocycles. The van der Waals surface area contributed by atoms with Crippen LogP contribution in [0.5, 0.6) is 0 Å². The highest BCUT2D eigenvalue weighted by molar-refractivity contribution is 7.64. The number of aliphatic imine (C=N–C) groups is 1. The van der Waals surface area contributed by atoms with Gasteiger partial charge in [-0.05, 0) is 6.92 Å². The van der Waals surface area contributed by atoms with E-state index in [-0.39, 0.29) is 17.2 Å². The van der Waals surface area contributed by atoms with Gasteiger partial charge in [0.1, 0.15) is 24.4 Å². The van der Waals surface area contributed by atoms with Crippen molar-refractivity contribution in [1.82, 2.24) is 4.90 Å². The van der Waals surface area contributed by atoms with E-state index in [0.29, 0.717) is 6.54 Å². The van der Waals surface area contributed by atoms with Crippen molar-refractivity contribution < 1.29 is 61.4 Å². The third kappa shape index (κ3) is 7.01. The number of guanidine groups is 1. The fourth-order valence-electron chi connectivity index (χ4n) is 2.66. The second-order valence-corrected chi connectivity index (χ2v) is 10.4. The van der Waals surface area contributed by atoms with Gasteiger partial charge in [-0.2, -0.15) is 0 Å². The fourth-order valence-corrected chi connectivity index (χ4v) is 5.52. The van der Waals surface area contributed by atoms with Gasteiger partial charge < -0.3 is 54.2 Å². The van der Waals surface area contributed by atoms with E-state index in [1.165, 1.54) is 11.1 Å². The number of aliphatic hydroxyl groups excluding tert-OH is 2. The Morgan fingerprint density at radius 3 is 2.35 bits per heavy atom. The molecule has 0 radical (unpaired) electrons. The second kappa shape index (κ2) is 9.49. The van der Waals surface area contributed by atoms with Crippen LogP contribution in [0.2, 0.25) is 0 Å². The number of aliphatic hydroxyl groups is 2. The number of ether oxygens (including phenoxy) is 1. The molecule has 1 fully saturated rings. The number of hydrogen-bond acceptors (Lipinski definition) is 16. The van der Waals surface area contributed by atoms with Gasteiger partial charge in [-0.25, -0.2) is 9.30 Å². The lowest BCUT2D eigenvalue weighted by molar-refractivity contribution is -0.339. The van der Waals surface area contributed by atoms with Crippen molar-refractivity contribution >= 4 is 29.4 Å². The molecule has 0 bridgehead atoms. The Kier molecular flexibility index (Phi) is 8.05. The molecule has 0 amide bonds. The summed E-state index contributed by atoms with van der Waals surface area (Å²) in [5.41, 5.74) is 6.06. The van der Waals surface area contributed by atoms with Gasteiger partial charge in [-0.3, -0.25) is 13.4 Å². The van der Waals surface area contributed by atoms with Crippen molar-refractivity contribution in [3.63, 3.8) is 0 Å². The van der Waals surface area contributed by atoms with E-state index in [1.807, 2.05) is 0 Å². The van der Waals surface area contributed by atoms with Crippen molar-refractivity contribution in [2.24, 2.45) is 10.7 Å². The molecule has 0 aliphatic carbocycles. The molecule has 2 aliphatic heterocycles. The first-order chi connectivity index (χ1) is 14.1. The highest BCUT2D eigenvalue weighted by Gasteiger charge is 2.46. The van der Waals surface area contributed by atoms with E-state index in [2.05, 4.69) is 24.7 Å². The van der Waals surface area contributed by atoms with Crippen LogP contribution in [0, 0.1) is 0 Å². The van der Waals surface area contributed by atoms with Crippen molar-refractivity contribution in [3.05, 3.63) is 24.0 Å². The predicted molar refractivity (Wildman–Crippen MR) is 92.8 cm³/mol. The Labute approximate surface area is 175 Å². The van der Waals surface area contributed by atoms with Crippen molar-refractivity contribution in [1.29, 1.82) is 0 Å². The lowest BCUT2D eigenvalue weighted by Crippen LogP contribution is -2.39. The Balaban J connectivity index is 2.06. The maximum absolute atomic E-state index is 11.6. The number of nitrogens with two attached hydrogens (primary N) is 1. The molecule has 2 heterocycles. The molecule has 6 atom stereocenters. The summed E-state index contributed by atoms with van der Waals surface area (Å²) in [6, 6.07) is 0. The zero-order valence-electron chi connectivity index (χ0n) is 15.7. The highest BCUT2D eigenvalue weighted by atomic mass is 31.3. The van der Waals surface area contributed by atoms with Gasteiger partial charge in [0.15, 0.2) is 0 Å². The molecule has 19 heteroatoms. The van der Waals surface area contributed by atoms with Crippen molar-refractivity contribution in [2.75, 3.05) is 13.2 Å². The molecule has 0 spiro atoms. The standard InChI is InChI=1S/C12H22N3O13P3/c1-3-15-4-7(6(2)14-12(15)13)11-10(17)9(16)8(26-11)5-25-30(21,22)28-31(23,24)27-29(18,19)20/h4,8-11,16-17H,2-3,5H2,1H3,(H2,13,14)(H,21,22)(H,23,24)(H2,18,19,20)/p-4. The first-order valence-electron chi connectivity index (χ1n) is 8.30. The first-order valence-corrected chi connectivity index (χ1v) is 12.7. The molecule has 178 valence electrons. The maximum atomic E-state index is 11.6. The first kappa shape index (κ1) is 26.3. The molecule has 0 aromatic heterocycles. The van der Waals surface area contributed by atoms with Gasteiger partial charge >= 0.3 is 0 Å². The minimum Gasteiger partial charge on any atom is -0.790 e. The van der Waals surface area contributed by atoms with Crippen LogP contribution in [-0.2, 0) is 31.6 Å². The summed E-state index contributed by atoms with van der Waals surface area (Å²) in [4.78, 5) is 48.8. The number of rotatable bonds is 9. The number of phosphoric ester groups is 1. The molecule has 1 saturated heterocycles. The minimum atomic E-state index is -6.13. The van der Waals surface area contributed by atoms with Gasteiger partial charge in [0.25, 0.3) is 15.6 Å². The van der Waals surface area contributed by atoms with E-state index >= 15 is 0 Å². The summed E-state index contributed by atoms with van der Waals surface area (Å²) in [6.07, 6.45) is -4.55. The minimum absolute atomic E-state index is 0.113. The van der Waals surface area contributed by atoms with Gasteiger partial charge in [-0.1, -0.05) is 6.58 Å². The Hall–Kier alpha value is -0.960. The van der Waals surface area contributed by atoms with Gasteiger partial charge in [-0.15, -0.1) is 0 Å². The molecule has 16 nitrogen and oxygen atoms in total. The monoisotopic (exact) mass is 505 g/mol. The fraction of sp³-hybridized carbons (Fsp3) is 0.583. The normalized spacial score (nSPS) is 31.1. The van der Waals surface area contributed by atoms with Crippen LogP contribution in [0.25, 0.3) is 0 Å². The summed E-state index contributed by atoms with van der Waals surface area (Å²) < 4.78 is 49.2.